The minimum atomic E-state index is 0.912. The van der Waals surface area contributed by atoms with Gasteiger partial charge in [-0.05, 0) is 64.4 Å². The molecule has 23 heavy (non-hydrogen) atoms. The first kappa shape index (κ1) is 16.4. The monoisotopic (exact) mass is 432 g/mol. The molecule has 0 unspecified atom stereocenters. The van der Waals surface area contributed by atoms with E-state index < -0.39 is 0 Å². The van der Waals surface area contributed by atoms with Crippen LogP contribution in [0.2, 0.25) is 0 Å². The first-order valence-electron chi connectivity index (χ1n) is 7.39. The Kier molecular flexibility index (Phi) is 5.62. The largest absolute Gasteiger partial charge is 0.497 e. The van der Waals surface area contributed by atoms with Gasteiger partial charge in [-0.25, -0.2) is 0 Å². The molecule has 0 spiro atoms. The molecule has 0 fully saturated rings. The van der Waals surface area contributed by atoms with Crippen LogP contribution in [0.4, 0.5) is 0 Å². The van der Waals surface area contributed by atoms with Gasteiger partial charge in [-0.2, -0.15) is 0 Å². The maximum absolute atomic E-state index is 5.51. The van der Waals surface area contributed by atoms with Crippen molar-refractivity contribution < 1.29 is 4.74 Å². The molecule has 0 aliphatic carbocycles. The minimum absolute atomic E-state index is 0.912. The normalized spacial score (nSPS) is 10.5. The lowest BCUT2D eigenvalue weighted by Crippen LogP contribution is -1.96. The van der Waals surface area contributed by atoms with Crippen LogP contribution in [0.15, 0.2) is 82.6 Å². The molecule has 3 aromatic rings. The van der Waals surface area contributed by atoms with Crippen molar-refractivity contribution in [1.82, 2.24) is 0 Å². The van der Waals surface area contributed by atoms with Gasteiger partial charge in [0.15, 0.2) is 0 Å². The predicted octanol–water partition coefficient (Wildman–Crippen LogP) is 6.04. The maximum atomic E-state index is 5.51. The van der Waals surface area contributed by atoms with Crippen molar-refractivity contribution in [3.63, 3.8) is 0 Å². The standard InChI is InChI=1S/C20H17IOS/c1-22-17-13-16(12-15-8-4-2-5-9-15)20(21)19(14-17)23-18-10-6-3-7-11-18/h2-11,13-14H,12H2,1H3. The summed E-state index contributed by atoms with van der Waals surface area (Å²) in [5.74, 6) is 0.912. The second-order valence-corrected chi connectivity index (χ2v) is 7.37. The van der Waals surface area contributed by atoms with Gasteiger partial charge < -0.3 is 4.74 Å². The summed E-state index contributed by atoms with van der Waals surface area (Å²) >= 11 is 4.23. The highest BCUT2D eigenvalue weighted by molar-refractivity contribution is 14.1. The van der Waals surface area contributed by atoms with E-state index in [0.29, 0.717) is 0 Å². The molecule has 0 saturated carbocycles. The van der Waals surface area contributed by atoms with E-state index in [1.54, 1.807) is 18.9 Å². The Labute approximate surface area is 155 Å². The zero-order chi connectivity index (χ0) is 16.1. The van der Waals surface area contributed by atoms with Crippen LogP contribution in [-0.4, -0.2) is 7.11 Å². The summed E-state index contributed by atoms with van der Waals surface area (Å²) in [6.07, 6.45) is 0.915. The molecule has 3 rings (SSSR count). The molecule has 0 atom stereocenters. The minimum Gasteiger partial charge on any atom is -0.497 e. The van der Waals surface area contributed by atoms with Crippen LogP contribution in [0.5, 0.6) is 5.75 Å². The van der Waals surface area contributed by atoms with Gasteiger partial charge in [-0.3, -0.25) is 0 Å². The van der Waals surface area contributed by atoms with Crippen molar-refractivity contribution in [1.29, 1.82) is 0 Å². The van der Waals surface area contributed by atoms with Gasteiger partial charge in [0.25, 0.3) is 0 Å². The van der Waals surface area contributed by atoms with Crippen LogP contribution in [0.1, 0.15) is 11.1 Å². The van der Waals surface area contributed by atoms with E-state index in [9.17, 15) is 0 Å². The molecule has 0 aliphatic heterocycles. The number of hydrogen-bond acceptors (Lipinski definition) is 2. The zero-order valence-electron chi connectivity index (χ0n) is 12.8. The lowest BCUT2D eigenvalue weighted by Gasteiger charge is -2.13. The van der Waals surface area contributed by atoms with Crippen molar-refractivity contribution in [2.45, 2.75) is 16.2 Å². The first-order valence-corrected chi connectivity index (χ1v) is 9.29. The van der Waals surface area contributed by atoms with Crippen LogP contribution < -0.4 is 4.74 Å². The Bertz CT molecular complexity index is 710. The van der Waals surface area contributed by atoms with E-state index in [1.165, 1.54) is 24.5 Å². The summed E-state index contributed by atoms with van der Waals surface area (Å²) < 4.78 is 6.80. The molecule has 0 aliphatic rings. The van der Waals surface area contributed by atoms with E-state index in [-0.39, 0.29) is 0 Å². The van der Waals surface area contributed by atoms with Crippen LogP contribution in [0, 0.1) is 3.57 Å². The molecule has 3 heteroatoms. The second kappa shape index (κ2) is 7.88. The number of benzene rings is 3. The third-order valence-corrected chi connectivity index (χ3v) is 6.22. The van der Waals surface area contributed by atoms with Crippen molar-refractivity contribution in [2.24, 2.45) is 0 Å². The Hall–Kier alpha value is -1.46. The summed E-state index contributed by atoms with van der Waals surface area (Å²) in [4.78, 5) is 2.48. The van der Waals surface area contributed by atoms with Crippen LogP contribution in [0.3, 0.4) is 0 Å². The average Bonchev–Trinajstić information content (AvgIpc) is 2.60. The van der Waals surface area contributed by atoms with Crippen LogP contribution in [-0.2, 0) is 6.42 Å². The van der Waals surface area contributed by atoms with Gasteiger partial charge in [0.05, 0.1) is 7.11 Å². The van der Waals surface area contributed by atoms with Crippen molar-refractivity contribution in [3.05, 3.63) is 87.5 Å². The number of methoxy groups -OCH3 is 1. The zero-order valence-corrected chi connectivity index (χ0v) is 15.8. The van der Waals surface area contributed by atoms with E-state index >= 15 is 0 Å². The van der Waals surface area contributed by atoms with Gasteiger partial charge in [0.2, 0.25) is 0 Å². The quantitative estimate of drug-likeness (QED) is 0.455. The van der Waals surface area contributed by atoms with Crippen molar-refractivity contribution in [3.8, 4) is 5.75 Å². The summed E-state index contributed by atoms with van der Waals surface area (Å²) in [7, 11) is 1.73. The molecule has 0 N–H and O–H groups in total. The molecule has 0 aromatic heterocycles. The average molecular weight is 432 g/mol. The van der Waals surface area contributed by atoms with Gasteiger partial charge in [-0.1, -0.05) is 60.3 Å². The molecule has 116 valence electrons. The Morgan fingerprint density at radius 3 is 2.22 bits per heavy atom. The third-order valence-electron chi connectivity index (χ3n) is 3.53. The summed E-state index contributed by atoms with van der Waals surface area (Å²) in [5.41, 5.74) is 2.61. The molecular weight excluding hydrogens is 415 g/mol. The molecule has 0 heterocycles. The summed E-state index contributed by atoms with van der Waals surface area (Å²) in [6, 6.07) is 25.3. The van der Waals surface area contributed by atoms with Gasteiger partial charge in [0, 0.05) is 13.4 Å². The molecule has 0 saturated heterocycles. The second-order valence-electron chi connectivity index (χ2n) is 5.18. The third kappa shape index (κ3) is 4.30. The highest BCUT2D eigenvalue weighted by Crippen LogP contribution is 2.36. The first-order chi connectivity index (χ1) is 11.3. The fraction of sp³-hybridized carbons (Fsp3) is 0.100. The van der Waals surface area contributed by atoms with Crippen molar-refractivity contribution >= 4 is 34.4 Å². The van der Waals surface area contributed by atoms with E-state index in [1.807, 2.05) is 6.07 Å². The SMILES string of the molecule is COc1cc(Cc2ccccc2)c(I)c(Sc2ccccc2)c1. The van der Waals surface area contributed by atoms with Crippen LogP contribution in [0.25, 0.3) is 0 Å². The summed E-state index contributed by atoms with van der Waals surface area (Å²) in [5, 5.41) is 0. The Balaban J connectivity index is 1.95. The highest BCUT2D eigenvalue weighted by atomic mass is 127. The van der Waals surface area contributed by atoms with Gasteiger partial charge in [0.1, 0.15) is 5.75 Å². The fourth-order valence-electron chi connectivity index (χ4n) is 2.38. The number of halogens is 1. The van der Waals surface area contributed by atoms with Crippen molar-refractivity contribution in [2.75, 3.05) is 7.11 Å². The van der Waals surface area contributed by atoms with Crippen LogP contribution >= 0.6 is 34.4 Å². The Morgan fingerprint density at radius 1 is 0.913 bits per heavy atom. The molecule has 0 radical (unpaired) electrons. The summed E-state index contributed by atoms with van der Waals surface area (Å²) in [6.45, 7) is 0. The lowest BCUT2D eigenvalue weighted by atomic mass is 10.0. The Morgan fingerprint density at radius 2 is 1.57 bits per heavy atom. The number of ether oxygens (including phenoxy) is 1. The predicted molar refractivity (Wildman–Crippen MR) is 106 cm³/mol. The molecule has 0 amide bonds. The highest BCUT2D eigenvalue weighted by Gasteiger charge is 2.11. The van der Waals surface area contributed by atoms with E-state index in [4.69, 9.17) is 4.74 Å². The molecule has 1 nitrogen and oxygen atoms in total. The molecular formula is C20H17IOS. The number of rotatable bonds is 5. The topological polar surface area (TPSA) is 9.23 Å². The van der Waals surface area contributed by atoms with E-state index in [2.05, 4.69) is 89.3 Å². The lowest BCUT2D eigenvalue weighted by molar-refractivity contribution is 0.413. The molecule has 3 aromatic carbocycles. The molecule has 0 bridgehead atoms. The number of hydrogen-bond donors (Lipinski definition) is 0. The smallest absolute Gasteiger partial charge is 0.120 e. The van der Waals surface area contributed by atoms with Gasteiger partial charge in [-0.15, -0.1) is 0 Å². The maximum Gasteiger partial charge on any atom is 0.120 e. The fourth-order valence-corrected chi connectivity index (χ4v) is 4.15. The van der Waals surface area contributed by atoms with Gasteiger partial charge >= 0.3 is 0 Å². The van der Waals surface area contributed by atoms with E-state index in [0.717, 1.165) is 12.2 Å².